The number of carbonyl (C=O) groups excluding carboxylic acids is 1. The lowest BCUT2D eigenvalue weighted by Crippen LogP contribution is -2.54. The summed E-state index contributed by atoms with van der Waals surface area (Å²) in [5, 5.41) is 21.7. The van der Waals surface area contributed by atoms with Crippen molar-refractivity contribution in [1.29, 1.82) is 0 Å². The molecule has 2 rings (SSSR count). The van der Waals surface area contributed by atoms with E-state index in [1.807, 2.05) is 12.1 Å². The molecule has 0 saturated carbocycles. The van der Waals surface area contributed by atoms with Gasteiger partial charge in [-0.25, -0.2) is 4.79 Å². The molecule has 0 amide bonds. The lowest BCUT2D eigenvalue weighted by molar-refractivity contribution is -0.0984. The van der Waals surface area contributed by atoms with Crippen molar-refractivity contribution >= 4 is 29.7 Å². The quantitative estimate of drug-likeness (QED) is 0.819. The predicted octanol–water partition coefficient (Wildman–Crippen LogP) is 2.68. The number of aromatic nitrogens is 1. The molecule has 1 aromatic heterocycles. The van der Waals surface area contributed by atoms with Crippen molar-refractivity contribution in [2.45, 2.75) is 65.3 Å². The smallest absolute Gasteiger partial charge is 0.443 e. The standard InChI is InChI=1S/C19H28BNO5/c1-17(2,3)25-16(22)21-14-11-9-8-10-13(14)12-15(21)20(24)26-19(6,7)18(4,5)23/h8-12,23-24H,1-7H3. The van der Waals surface area contributed by atoms with Crippen molar-refractivity contribution in [2.24, 2.45) is 0 Å². The Morgan fingerprint density at radius 3 is 2.19 bits per heavy atom. The molecule has 0 saturated heterocycles. The minimum Gasteiger partial charge on any atom is -0.443 e. The van der Waals surface area contributed by atoms with E-state index in [1.165, 1.54) is 4.57 Å². The van der Waals surface area contributed by atoms with E-state index in [2.05, 4.69) is 0 Å². The van der Waals surface area contributed by atoms with E-state index in [0.29, 0.717) is 5.52 Å². The van der Waals surface area contributed by atoms with Crippen LogP contribution in [-0.4, -0.2) is 44.7 Å². The first-order chi connectivity index (χ1) is 11.7. The fraction of sp³-hybridized carbons (Fsp3) is 0.526. The summed E-state index contributed by atoms with van der Waals surface area (Å²) in [5.74, 6) is 0. The van der Waals surface area contributed by atoms with E-state index in [-0.39, 0.29) is 5.59 Å². The van der Waals surface area contributed by atoms with Crippen LogP contribution < -0.4 is 5.59 Å². The normalized spacial score (nSPS) is 13.1. The third kappa shape index (κ3) is 4.28. The Balaban J connectivity index is 2.50. The van der Waals surface area contributed by atoms with Crippen LogP contribution in [0.25, 0.3) is 10.9 Å². The Kier molecular flexibility index (Phi) is 5.30. The van der Waals surface area contributed by atoms with Crippen LogP contribution in [0.2, 0.25) is 0 Å². The number of hydrogen-bond donors (Lipinski definition) is 2. The summed E-state index contributed by atoms with van der Waals surface area (Å²) in [6, 6.07) is 8.95. The van der Waals surface area contributed by atoms with Crippen LogP contribution in [0.3, 0.4) is 0 Å². The lowest BCUT2D eigenvalue weighted by Gasteiger charge is -2.38. The molecule has 26 heavy (non-hydrogen) atoms. The molecular formula is C19H28BNO5. The van der Waals surface area contributed by atoms with Gasteiger partial charge in [0, 0.05) is 0 Å². The number of hydrogen-bond acceptors (Lipinski definition) is 5. The van der Waals surface area contributed by atoms with E-state index in [9.17, 15) is 14.9 Å². The zero-order valence-corrected chi connectivity index (χ0v) is 16.5. The van der Waals surface area contributed by atoms with E-state index in [1.54, 1.807) is 66.7 Å². The zero-order valence-electron chi connectivity index (χ0n) is 16.5. The number of rotatable bonds is 4. The summed E-state index contributed by atoms with van der Waals surface area (Å²) >= 11 is 0. The number of benzene rings is 1. The molecule has 142 valence electrons. The van der Waals surface area contributed by atoms with Crippen LogP contribution in [0.15, 0.2) is 30.3 Å². The van der Waals surface area contributed by atoms with Crippen LogP contribution in [0, 0.1) is 0 Å². The molecule has 7 heteroatoms. The molecule has 0 atom stereocenters. The van der Waals surface area contributed by atoms with E-state index >= 15 is 0 Å². The monoisotopic (exact) mass is 361 g/mol. The highest BCUT2D eigenvalue weighted by molar-refractivity contribution is 6.60. The average molecular weight is 361 g/mol. The molecule has 0 aliphatic heterocycles. The third-order valence-corrected chi connectivity index (χ3v) is 4.45. The molecule has 1 aromatic carbocycles. The minimum absolute atomic E-state index is 0.248. The van der Waals surface area contributed by atoms with Crippen LogP contribution in [0.5, 0.6) is 0 Å². The summed E-state index contributed by atoms with van der Waals surface area (Å²) in [6.07, 6.45) is -0.600. The molecule has 0 unspecified atom stereocenters. The Labute approximate surface area is 154 Å². The van der Waals surface area contributed by atoms with Crippen molar-refractivity contribution in [3.8, 4) is 0 Å². The zero-order chi connectivity index (χ0) is 19.9. The average Bonchev–Trinajstić information content (AvgIpc) is 2.83. The maximum atomic E-state index is 12.7. The van der Waals surface area contributed by atoms with Gasteiger partial charge in [-0.15, -0.1) is 0 Å². The van der Waals surface area contributed by atoms with Crippen molar-refractivity contribution in [3.05, 3.63) is 30.3 Å². The second kappa shape index (κ2) is 6.72. The Bertz CT molecular complexity index is 798. The topological polar surface area (TPSA) is 80.9 Å². The van der Waals surface area contributed by atoms with Gasteiger partial charge in [0.2, 0.25) is 0 Å². The van der Waals surface area contributed by atoms with Gasteiger partial charge in [-0.05, 0) is 66.0 Å². The third-order valence-electron chi connectivity index (χ3n) is 4.45. The SMILES string of the molecule is CC(C)(C)OC(=O)n1c(B(O)OC(C)(C)C(C)(C)O)cc2ccccc21. The molecule has 0 bridgehead atoms. The van der Waals surface area contributed by atoms with Gasteiger partial charge in [-0.1, -0.05) is 18.2 Å². The van der Waals surface area contributed by atoms with E-state index in [4.69, 9.17) is 9.39 Å². The van der Waals surface area contributed by atoms with Crippen molar-refractivity contribution in [1.82, 2.24) is 4.57 Å². The van der Waals surface area contributed by atoms with Gasteiger partial charge in [0.15, 0.2) is 0 Å². The molecular weight excluding hydrogens is 333 g/mol. The molecule has 0 aliphatic rings. The second-order valence-electron chi connectivity index (χ2n) is 8.48. The molecule has 0 spiro atoms. The number of aliphatic hydroxyl groups is 1. The first-order valence-corrected chi connectivity index (χ1v) is 8.65. The highest BCUT2D eigenvalue weighted by atomic mass is 16.6. The summed E-state index contributed by atoms with van der Waals surface area (Å²) in [4.78, 5) is 12.7. The fourth-order valence-corrected chi connectivity index (χ4v) is 2.35. The van der Waals surface area contributed by atoms with Gasteiger partial charge in [0.1, 0.15) is 5.60 Å². The van der Waals surface area contributed by atoms with Gasteiger partial charge in [0.05, 0.1) is 22.3 Å². The maximum Gasteiger partial charge on any atom is 0.509 e. The fourth-order valence-electron chi connectivity index (χ4n) is 2.35. The molecule has 0 radical (unpaired) electrons. The van der Waals surface area contributed by atoms with Gasteiger partial charge in [-0.3, -0.25) is 4.57 Å². The highest BCUT2D eigenvalue weighted by Crippen LogP contribution is 2.26. The van der Waals surface area contributed by atoms with Crippen molar-refractivity contribution in [3.63, 3.8) is 0 Å². The van der Waals surface area contributed by atoms with Crippen molar-refractivity contribution < 1.29 is 24.3 Å². The molecule has 2 N–H and O–H groups in total. The summed E-state index contributed by atoms with van der Waals surface area (Å²) in [5.41, 5.74) is -2.07. The van der Waals surface area contributed by atoms with Crippen LogP contribution in [0.1, 0.15) is 48.5 Å². The number of carbonyl (C=O) groups is 1. The molecule has 0 aliphatic carbocycles. The lowest BCUT2D eigenvalue weighted by atomic mass is 9.80. The Morgan fingerprint density at radius 1 is 1.08 bits per heavy atom. The predicted molar refractivity (Wildman–Crippen MR) is 103 cm³/mol. The van der Waals surface area contributed by atoms with Gasteiger partial charge in [-0.2, -0.15) is 0 Å². The summed E-state index contributed by atoms with van der Waals surface area (Å²) in [7, 11) is -1.42. The molecule has 1 heterocycles. The first-order valence-electron chi connectivity index (χ1n) is 8.65. The maximum absolute atomic E-state index is 12.7. The minimum atomic E-state index is -1.42. The van der Waals surface area contributed by atoms with E-state index in [0.717, 1.165) is 5.39 Å². The molecule has 2 aromatic rings. The number of ether oxygens (including phenoxy) is 1. The van der Waals surface area contributed by atoms with Gasteiger partial charge < -0.3 is 19.5 Å². The van der Waals surface area contributed by atoms with Crippen LogP contribution >= 0.6 is 0 Å². The van der Waals surface area contributed by atoms with Gasteiger partial charge >= 0.3 is 13.2 Å². The second-order valence-corrected chi connectivity index (χ2v) is 8.48. The first kappa shape index (κ1) is 20.5. The van der Waals surface area contributed by atoms with Crippen LogP contribution in [-0.2, 0) is 9.39 Å². The van der Waals surface area contributed by atoms with E-state index < -0.39 is 30.0 Å². The van der Waals surface area contributed by atoms with Crippen LogP contribution in [0.4, 0.5) is 4.79 Å². The number of fused-ring (bicyclic) bond motifs is 1. The molecule has 6 nitrogen and oxygen atoms in total. The van der Waals surface area contributed by atoms with Crippen molar-refractivity contribution in [2.75, 3.05) is 0 Å². The number of para-hydroxylation sites is 1. The Hall–Kier alpha value is -1.83. The molecule has 0 fully saturated rings. The number of nitrogens with zero attached hydrogens (tertiary/aromatic N) is 1. The largest absolute Gasteiger partial charge is 0.509 e. The van der Waals surface area contributed by atoms with Gasteiger partial charge in [0.25, 0.3) is 0 Å². The summed E-state index contributed by atoms with van der Waals surface area (Å²) < 4.78 is 12.5. The Morgan fingerprint density at radius 2 is 1.65 bits per heavy atom. The summed E-state index contributed by atoms with van der Waals surface area (Å²) in [6.45, 7) is 11.9. The highest BCUT2D eigenvalue weighted by Gasteiger charge is 2.41.